The van der Waals surface area contributed by atoms with Crippen LogP contribution in [-0.2, 0) is 9.59 Å². The second kappa shape index (κ2) is 16.7. The number of Topliss-reactive ketones (excluding diaryl/α,β-unsaturated/α-hetero) is 1. The molecule has 224 valence electrons. The number of nitrogens with one attached hydrogen (secondary N) is 1. The van der Waals surface area contributed by atoms with E-state index < -0.39 is 11.7 Å². The molecule has 8 heteroatoms. The summed E-state index contributed by atoms with van der Waals surface area (Å²) in [5.41, 5.74) is 0.395. The molecule has 3 rings (SSSR count). The fourth-order valence-corrected chi connectivity index (χ4v) is 6.68. The Morgan fingerprint density at radius 2 is 1.71 bits per heavy atom. The third kappa shape index (κ3) is 11.3. The highest BCUT2D eigenvalue weighted by Crippen LogP contribution is 2.38. The number of hydrogen-bond acceptors (Lipinski definition) is 7. The van der Waals surface area contributed by atoms with Crippen molar-refractivity contribution in [2.75, 3.05) is 11.1 Å². The van der Waals surface area contributed by atoms with Gasteiger partial charge < -0.3 is 20.3 Å². The van der Waals surface area contributed by atoms with E-state index in [4.69, 9.17) is 4.74 Å². The first-order valence-electron chi connectivity index (χ1n) is 14.9. The maximum atomic E-state index is 12.5. The van der Waals surface area contributed by atoms with Crippen LogP contribution in [0.1, 0.15) is 94.8 Å². The maximum absolute atomic E-state index is 12.5. The quantitative estimate of drug-likeness (QED) is 0.110. The van der Waals surface area contributed by atoms with Crippen molar-refractivity contribution in [3.8, 4) is 5.75 Å². The van der Waals surface area contributed by atoms with Crippen molar-refractivity contribution in [3.05, 3.63) is 60.2 Å². The molecule has 1 aliphatic rings. The van der Waals surface area contributed by atoms with E-state index in [1.807, 2.05) is 13.0 Å². The largest absolute Gasteiger partial charge is 0.427 e. The molecule has 41 heavy (non-hydrogen) atoms. The summed E-state index contributed by atoms with van der Waals surface area (Å²) in [4.78, 5) is 37.1. The number of amides is 1. The van der Waals surface area contributed by atoms with E-state index >= 15 is 0 Å². The van der Waals surface area contributed by atoms with E-state index in [-0.39, 0.29) is 35.2 Å². The zero-order valence-electron chi connectivity index (χ0n) is 24.3. The normalized spacial score (nSPS) is 20.0. The lowest BCUT2D eigenvalue weighted by Gasteiger charge is -2.27. The zero-order valence-corrected chi connectivity index (χ0v) is 25.2. The summed E-state index contributed by atoms with van der Waals surface area (Å²) >= 11 is 1.54. The summed E-state index contributed by atoms with van der Waals surface area (Å²) in [5, 5.41) is 23.8. The number of hydrogen-bond donors (Lipinski definition) is 3. The van der Waals surface area contributed by atoms with Gasteiger partial charge in [0.15, 0.2) is 0 Å². The number of carbonyl (C=O) groups is 3. The fourth-order valence-electron chi connectivity index (χ4n) is 5.15. The minimum atomic E-state index is -0.787. The predicted molar refractivity (Wildman–Crippen MR) is 164 cm³/mol. The Morgan fingerprint density at radius 1 is 1.00 bits per heavy atom. The second-order valence-corrected chi connectivity index (χ2v) is 12.5. The summed E-state index contributed by atoms with van der Waals surface area (Å²) in [6, 6.07) is 15.6. The van der Waals surface area contributed by atoms with Gasteiger partial charge in [0, 0.05) is 41.0 Å². The van der Waals surface area contributed by atoms with Gasteiger partial charge in [0.1, 0.15) is 11.5 Å². The molecule has 2 aromatic carbocycles. The average Bonchev–Trinajstić information content (AvgIpc) is 3.22. The number of aliphatic hydroxyl groups is 2. The molecule has 0 saturated heterocycles. The Kier molecular flexibility index (Phi) is 13.4. The maximum Gasteiger partial charge on any atom is 0.311 e. The van der Waals surface area contributed by atoms with E-state index in [0.717, 1.165) is 51.4 Å². The standard InChI is InChI=1S/C33H45NO6S/c1-3-4-12-21-33(2,39)23-41-31-27(28(35)22-29(31)36)15-10-5-6-11-16-30(37)40-26-19-17-25(18-20-26)34-32(38)24-13-8-7-9-14-24/h7-9,13-14,17-20,27,29,31,36,39H,3-6,10-12,15-16,21-23H2,1-2H3,(H,34,38)/t27-,29+,31+,33?/m0/s1. The van der Waals surface area contributed by atoms with Crippen LogP contribution in [0.15, 0.2) is 54.6 Å². The minimum Gasteiger partial charge on any atom is -0.427 e. The molecule has 1 saturated carbocycles. The molecule has 0 heterocycles. The van der Waals surface area contributed by atoms with Crippen LogP contribution in [0.3, 0.4) is 0 Å². The molecule has 7 nitrogen and oxygen atoms in total. The van der Waals surface area contributed by atoms with E-state index in [9.17, 15) is 24.6 Å². The SMILES string of the molecule is CCCCCC(C)(O)CS[C@H]1[C@H](O)CC(=O)[C@@H]1CCCCCCC(=O)Oc1ccc(NC(=O)c2ccccc2)cc1. The molecule has 1 unspecified atom stereocenters. The van der Waals surface area contributed by atoms with E-state index in [1.54, 1.807) is 60.3 Å². The predicted octanol–water partition coefficient (Wildman–Crippen LogP) is 6.57. The summed E-state index contributed by atoms with van der Waals surface area (Å²) in [6.07, 6.45) is 7.81. The van der Waals surface area contributed by atoms with Gasteiger partial charge in [-0.05, 0) is 62.6 Å². The molecule has 2 aromatic rings. The molecule has 1 amide bonds. The molecular formula is C33H45NO6S. The molecule has 3 N–H and O–H groups in total. The van der Waals surface area contributed by atoms with E-state index in [2.05, 4.69) is 12.2 Å². The van der Waals surface area contributed by atoms with Crippen molar-refractivity contribution in [1.29, 1.82) is 0 Å². The summed E-state index contributed by atoms with van der Waals surface area (Å²) in [7, 11) is 0. The third-order valence-electron chi connectivity index (χ3n) is 7.53. The lowest BCUT2D eigenvalue weighted by Crippen LogP contribution is -2.32. The lowest BCUT2D eigenvalue weighted by molar-refractivity contribution is -0.134. The van der Waals surface area contributed by atoms with Gasteiger partial charge in [-0.15, -0.1) is 0 Å². The second-order valence-electron chi connectivity index (χ2n) is 11.3. The Hall–Kier alpha value is -2.68. The van der Waals surface area contributed by atoms with Crippen LogP contribution < -0.4 is 10.1 Å². The number of thioether (sulfide) groups is 1. The highest BCUT2D eigenvalue weighted by Gasteiger charge is 2.42. The van der Waals surface area contributed by atoms with Crippen LogP contribution in [0.4, 0.5) is 5.69 Å². The number of ketones is 1. The van der Waals surface area contributed by atoms with Crippen molar-refractivity contribution < 1.29 is 29.3 Å². The first-order valence-corrected chi connectivity index (χ1v) is 16.0. The van der Waals surface area contributed by atoms with Crippen LogP contribution in [-0.4, -0.2) is 50.6 Å². The monoisotopic (exact) mass is 583 g/mol. The van der Waals surface area contributed by atoms with Gasteiger partial charge in [0.05, 0.1) is 11.7 Å². The number of carbonyl (C=O) groups excluding carboxylic acids is 3. The summed E-state index contributed by atoms with van der Waals surface area (Å²) in [6.45, 7) is 3.98. The molecular weight excluding hydrogens is 538 g/mol. The van der Waals surface area contributed by atoms with Crippen molar-refractivity contribution in [2.24, 2.45) is 5.92 Å². The van der Waals surface area contributed by atoms with Crippen molar-refractivity contribution in [1.82, 2.24) is 0 Å². The van der Waals surface area contributed by atoms with Crippen LogP contribution in [0.5, 0.6) is 5.75 Å². The van der Waals surface area contributed by atoms with Crippen molar-refractivity contribution >= 4 is 35.1 Å². The number of rotatable bonds is 17. The van der Waals surface area contributed by atoms with Crippen molar-refractivity contribution in [3.63, 3.8) is 0 Å². The number of unbranched alkanes of at least 4 members (excludes halogenated alkanes) is 5. The number of aliphatic hydroxyl groups excluding tert-OH is 1. The van der Waals surface area contributed by atoms with Crippen LogP contribution >= 0.6 is 11.8 Å². The van der Waals surface area contributed by atoms with Crippen LogP contribution in [0, 0.1) is 5.92 Å². The number of esters is 1. The Morgan fingerprint density at radius 3 is 2.41 bits per heavy atom. The zero-order chi connectivity index (χ0) is 29.7. The Balaban J connectivity index is 1.32. The van der Waals surface area contributed by atoms with Gasteiger partial charge in [0.2, 0.25) is 0 Å². The molecule has 1 fully saturated rings. The molecule has 4 atom stereocenters. The molecule has 1 aliphatic carbocycles. The lowest BCUT2D eigenvalue weighted by atomic mass is 9.98. The van der Waals surface area contributed by atoms with E-state index in [1.165, 1.54) is 0 Å². The minimum absolute atomic E-state index is 0.120. The van der Waals surface area contributed by atoms with Gasteiger partial charge in [-0.2, -0.15) is 11.8 Å². The average molecular weight is 584 g/mol. The third-order valence-corrected chi connectivity index (χ3v) is 9.35. The summed E-state index contributed by atoms with van der Waals surface area (Å²) < 4.78 is 5.42. The highest BCUT2D eigenvalue weighted by atomic mass is 32.2. The Labute approximate surface area is 248 Å². The first-order chi connectivity index (χ1) is 19.7. The van der Waals surface area contributed by atoms with Gasteiger partial charge in [-0.1, -0.05) is 63.6 Å². The van der Waals surface area contributed by atoms with Crippen molar-refractivity contribution in [2.45, 2.75) is 101 Å². The number of ether oxygens (including phenoxy) is 1. The van der Waals surface area contributed by atoms with Gasteiger partial charge in [0.25, 0.3) is 5.91 Å². The summed E-state index contributed by atoms with van der Waals surface area (Å²) in [5.74, 6) is 0.391. The molecule has 0 bridgehead atoms. The Bertz CT molecular complexity index is 1100. The molecule has 0 radical (unpaired) electrons. The number of anilines is 1. The van der Waals surface area contributed by atoms with E-state index in [0.29, 0.717) is 35.6 Å². The molecule has 0 aliphatic heterocycles. The smallest absolute Gasteiger partial charge is 0.311 e. The molecule has 0 aromatic heterocycles. The first kappa shape index (κ1) is 32.8. The van der Waals surface area contributed by atoms with Gasteiger partial charge in [-0.3, -0.25) is 14.4 Å². The topological polar surface area (TPSA) is 113 Å². The van der Waals surface area contributed by atoms with Crippen LogP contribution in [0.25, 0.3) is 0 Å². The molecule has 0 spiro atoms. The number of benzene rings is 2. The fraction of sp³-hybridized carbons (Fsp3) is 0.545. The van der Waals surface area contributed by atoms with Crippen LogP contribution in [0.2, 0.25) is 0 Å². The van der Waals surface area contributed by atoms with Gasteiger partial charge >= 0.3 is 5.97 Å². The van der Waals surface area contributed by atoms with Gasteiger partial charge in [-0.25, -0.2) is 0 Å². The highest BCUT2D eigenvalue weighted by molar-refractivity contribution is 8.00.